The molecule has 2 aromatic rings. The van der Waals surface area contributed by atoms with E-state index in [4.69, 9.17) is 31.7 Å². The Morgan fingerprint density at radius 2 is 1.86 bits per heavy atom. The van der Waals surface area contributed by atoms with Gasteiger partial charge in [-0.05, 0) is 48.9 Å². The molecule has 0 aliphatic heterocycles. The second-order valence-corrected chi connectivity index (χ2v) is 7.86. The zero-order chi connectivity index (χ0) is 20.8. The first-order valence-corrected chi connectivity index (χ1v) is 10.9. The molecule has 1 aromatic carbocycles. The van der Waals surface area contributed by atoms with E-state index in [1.807, 2.05) is 0 Å². The number of aromatic nitrogens is 2. The van der Waals surface area contributed by atoms with Crippen molar-refractivity contribution in [3.63, 3.8) is 0 Å². The number of nitrogens with one attached hydrogen (secondary N) is 1. The van der Waals surface area contributed by atoms with Gasteiger partial charge in [0.25, 0.3) is 0 Å². The van der Waals surface area contributed by atoms with Crippen molar-refractivity contribution < 1.29 is 9.47 Å². The number of methoxy groups -OCH3 is 2. The molecule has 3 rings (SSSR count). The summed E-state index contributed by atoms with van der Waals surface area (Å²) in [5.41, 5.74) is 5.97. The Hall–Kier alpha value is -2.05. The zero-order valence-corrected chi connectivity index (χ0v) is 18.7. The molecular formula is C23H31N3O2S. The number of hydrogen-bond donors (Lipinski definition) is 1. The van der Waals surface area contributed by atoms with Crippen LogP contribution >= 0.6 is 12.2 Å². The molecule has 0 amide bonds. The largest absolute Gasteiger partial charge is 0.496 e. The van der Waals surface area contributed by atoms with E-state index in [1.165, 1.54) is 18.4 Å². The van der Waals surface area contributed by atoms with Crippen molar-refractivity contribution in [1.82, 2.24) is 9.97 Å². The number of anilines is 1. The van der Waals surface area contributed by atoms with E-state index < -0.39 is 0 Å². The summed E-state index contributed by atoms with van der Waals surface area (Å²) < 4.78 is 11.2. The van der Waals surface area contributed by atoms with Gasteiger partial charge >= 0.3 is 0 Å². The highest BCUT2D eigenvalue weighted by molar-refractivity contribution is 7.80. The summed E-state index contributed by atoms with van der Waals surface area (Å²) in [5, 5.41) is 3.48. The smallest absolute Gasteiger partial charge is 0.148 e. The quantitative estimate of drug-likeness (QED) is 0.431. The first-order valence-electron chi connectivity index (χ1n) is 10.5. The van der Waals surface area contributed by atoms with Crippen LogP contribution in [-0.2, 0) is 24.2 Å². The molecule has 1 aliphatic carbocycles. The van der Waals surface area contributed by atoms with Crippen LogP contribution in [0, 0.1) is 0 Å². The Bertz CT molecular complexity index is 883. The number of fused-ring (bicyclic) bond motifs is 1. The van der Waals surface area contributed by atoms with Crippen LogP contribution in [0.3, 0.4) is 0 Å². The third-order valence-corrected chi connectivity index (χ3v) is 5.76. The Balaban J connectivity index is 2.05. The Kier molecular flexibility index (Phi) is 7.56. The third kappa shape index (κ3) is 4.75. The van der Waals surface area contributed by atoms with Gasteiger partial charge in [0.2, 0.25) is 0 Å². The molecule has 0 bridgehead atoms. The van der Waals surface area contributed by atoms with Crippen molar-refractivity contribution in [2.75, 3.05) is 26.1 Å². The average molecular weight is 414 g/mol. The molecule has 0 saturated carbocycles. The van der Waals surface area contributed by atoms with Crippen LogP contribution in [0.25, 0.3) is 11.3 Å². The summed E-state index contributed by atoms with van der Waals surface area (Å²) in [6.07, 6.45) is 6.23. The fourth-order valence-electron chi connectivity index (χ4n) is 3.76. The summed E-state index contributed by atoms with van der Waals surface area (Å²) in [5.74, 6) is 1.64. The Labute approximate surface area is 179 Å². The molecule has 1 N–H and O–H groups in total. The van der Waals surface area contributed by atoms with Crippen molar-refractivity contribution in [2.45, 2.75) is 59.0 Å². The highest BCUT2D eigenvalue weighted by atomic mass is 32.1. The molecule has 1 heterocycles. The fraction of sp³-hybridized carbons (Fsp3) is 0.522. The van der Waals surface area contributed by atoms with Crippen LogP contribution in [-0.4, -0.2) is 35.6 Å². The lowest BCUT2D eigenvalue weighted by molar-refractivity contribution is 0.181. The maximum absolute atomic E-state index is 5.72. The monoisotopic (exact) mass is 413 g/mol. The van der Waals surface area contributed by atoms with E-state index >= 15 is 0 Å². The molecule has 0 spiro atoms. The standard InChI is InChI=1S/C23H31N3O2S/c1-5-7-8-11-24-23-18(6-2)25-22(19(26-23)14-27-3)17-12-15-9-10-21(29)16(15)13-20(17)28-4/h12-13H,5-11,14H2,1-4H3,(H,24,26). The van der Waals surface area contributed by atoms with Gasteiger partial charge in [-0.1, -0.05) is 38.9 Å². The number of nitrogens with zero attached hydrogens (tertiary/aromatic N) is 2. The zero-order valence-electron chi connectivity index (χ0n) is 17.9. The summed E-state index contributed by atoms with van der Waals surface area (Å²) in [6.45, 7) is 5.62. The number of aryl methyl sites for hydroxylation is 2. The third-order valence-electron chi connectivity index (χ3n) is 5.33. The molecule has 156 valence electrons. The second kappa shape index (κ2) is 10.1. The maximum atomic E-state index is 5.72. The first kappa shape index (κ1) is 21.7. The number of rotatable bonds is 10. The van der Waals surface area contributed by atoms with E-state index in [-0.39, 0.29) is 0 Å². The highest BCUT2D eigenvalue weighted by Gasteiger charge is 2.23. The minimum atomic E-state index is 0.397. The van der Waals surface area contributed by atoms with E-state index in [0.717, 1.165) is 76.9 Å². The van der Waals surface area contributed by atoms with Gasteiger partial charge in [-0.25, -0.2) is 9.97 Å². The number of unbranched alkanes of at least 4 members (excludes halogenated alkanes) is 2. The van der Waals surface area contributed by atoms with Crippen LogP contribution < -0.4 is 10.1 Å². The van der Waals surface area contributed by atoms with Crippen LogP contribution in [0.5, 0.6) is 5.75 Å². The maximum Gasteiger partial charge on any atom is 0.148 e. The molecule has 0 unspecified atom stereocenters. The van der Waals surface area contributed by atoms with Crippen molar-refractivity contribution >= 4 is 22.9 Å². The molecule has 0 saturated heterocycles. The fourth-order valence-corrected chi connectivity index (χ4v) is 4.05. The SMILES string of the molecule is CCCCCNc1nc(COC)c(-c2cc3c(cc2OC)C(=S)CC3)nc1CC. The Morgan fingerprint density at radius 3 is 2.55 bits per heavy atom. The Morgan fingerprint density at radius 1 is 1.03 bits per heavy atom. The average Bonchev–Trinajstić information content (AvgIpc) is 3.10. The summed E-state index contributed by atoms with van der Waals surface area (Å²) >= 11 is 5.51. The molecule has 1 aliphatic rings. The molecule has 29 heavy (non-hydrogen) atoms. The minimum absolute atomic E-state index is 0.397. The number of ether oxygens (including phenoxy) is 2. The lowest BCUT2D eigenvalue weighted by Gasteiger charge is -2.17. The number of hydrogen-bond acceptors (Lipinski definition) is 6. The lowest BCUT2D eigenvalue weighted by Crippen LogP contribution is -2.12. The predicted octanol–water partition coefficient (Wildman–Crippen LogP) is 5.13. The number of benzene rings is 1. The summed E-state index contributed by atoms with van der Waals surface area (Å²) in [7, 11) is 3.38. The molecule has 0 radical (unpaired) electrons. The van der Waals surface area contributed by atoms with E-state index in [2.05, 4.69) is 31.3 Å². The number of thiocarbonyl (C=S) groups is 1. The molecule has 0 fully saturated rings. The van der Waals surface area contributed by atoms with E-state index in [1.54, 1.807) is 14.2 Å². The van der Waals surface area contributed by atoms with Gasteiger partial charge in [-0.15, -0.1) is 0 Å². The van der Waals surface area contributed by atoms with Gasteiger partial charge in [-0.3, -0.25) is 0 Å². The summed E-state index contributed by atoms with van der Waals surface area (Å²) in [6, 6.07) is 4.23. The van der Waals surface area contributed by atoms with Crippen LogP contribution in [0.2, 0.25) is 0 Å². The lowest BCUT2D eigenvalue weighted by atomic mass is 10.0. The molecule has 5 nitrogen and oxygen atoms in total. The summed E-state index contributed by atoms with van der Waals surface area (Å²) in [4.78, 5) is 10.9. The van der Waals surface area contributed by atoms with Gasteiger partial charge in [-0.2, -0.15) is 0 Å². The van der Waals surface area contributed by atoms with E-state index in [0.29, 0.717) is 6.61 Å². The first-order chi connectivity index (χ1) is 14.1. The molecule has 6 heteroatoms. The van der Waals surface area contributed by atoms with E-state index in [9.17, 15) is 0 Å². The van der Waals surface area contributed by atoms with Crippen molar-refractivity contribution in [3.05, 3.63) is 34.6 Å². The van der Waals surface area contributed by atoms with Crippen LogP contribution in [0.1, 0.15) is 62.0 Å². The van der Waals surface area contributed by atoms with Crippen LogP contribution in [0.4, 0.5) is 5.82 Å². The van der Waals surface area contributed by atoms with Crippen LogP contribution in [0.15, 0.2) is 12.1 Å². The van der Waals surface area contributed by atoms with Crippen molar-refractivity contribution in [1.29, 1.82) is 0 Å². The second-order valence-electron chi connectivity index (χ2n) is 7.37. The topological polar surface area (TPSA) is 56.3 Å². The molecule has 1 aromatic heterocycles. The predicted molar refractivity (Wildman–Crippen MR) is 122 cm³/mol. The molecular weight excluding hydrogens is 382 g/mol. The highest BCUT2D eigenvalue weighted by Crippen LogP contribution is 2.37. The van der Waals surface area contributed by atoms with Crippen molar-refractivity contribution in [3.8, 4) is 17.0 Å². The van der Waals surface area contributed by atoms with Gasteiger partial charge in [0.15, 0.2) is 0 Å². The van der Waals surface area contributed by atoms with Crippen molar-refractivity contribution in [2.24, 2.45) is 0 Å². The van der Waals surface area contributed by atoms with Gasteiger partial charge in [0.1, 0.15) is 11.6 Å². The van der Waals surface area contributed by atoms with Gasteiger partial charge in [0.05, 0.1) is 30.8 Å². The normalized spacial score (nSPS) is 12.9. The molecule has 0 atom stereocenters. The minimum Gasteiger partial charge on any atom is -0.496 e. The van der Waals surface area contributed by atoms with Gasteiger partial charge < -0.3 is 14.8 Å². The van der Waals surface area contributed by atoms with Gasteiger partial charge in [0, 0.05) is 24.1 Å².